The van der Waals surface area contributed by atoms with E-state index in [9.17, 15) is 4.79 Å². The van der Waals surface area contributed by atoms with Gasteiger partial charge in [0.1, 0.15) is 5.69 Å². The molecule has 0 spiro atoms. The highest BCUT2D eigenvalue weighted by Gasteiger charge is 2.19. The highest BCUT2D eigenvalue weighted by Crippen LogP contribution is 2.24. The number of hydrogen-bond donors (Lipinski definition) is 1. The molecule has 0 atom stereocenters. The summed E-state index contributed by atoms with van der Waals surface area (Å²) < 4.78 is 2.44. The minimum absolute atomic E-state index is 0.0563. The summed E-state index contributed by atoms with van der Waals surface area (Å²) in [4.78, 5) is 11.1. The first kappa shape index (κ1) is 12.5. The minimum Gasteiger partial charge on any atom is -0.476 e. The van der Waals surface area contributed by atoms with Gasteiger partial charge in [-0.15, -0.1) is 11.7 Å². The monoisotopic (exact) mass is 307 g/mol. The normalized spacial score (nSPS) is 10.3. The fraction of sp³-hybridized carbons (Fsp3) is 0.0833. The zero-order chi connectivity index (χ0) is 13.1. The summed E-state index contributed by atoms with van der Waals surface area (Å²) in [5, 5.41) is 16.6. The quantitative estimate of drug-likeness (QED) is 0.882. The van der Waals surface area contributed by atoms with Crippen molar-refractivity contribution in [3.8, 4) is 11.3 Å². The second-order valence-electron chi connectivity index (χ2n) is 3.57. The zero-order valence-electron chi connectivity index (χ0n) is 9.38. The summed E-state index contributed by atoms with van der Waals surface area (Å²) in [7, 11) is 0. The standard InChI is InChI=1S/C12H10BrN3O2/c1-2-7-16-11(10(12(17)18)14-15-16)8-3-5-9(13)6-4-8/h2-6H,1,7H2,(H,17,18). The maximum Gasteiger partial charge on any atom is 0.358 e. The van der Waals surface area contributed by atoms with Crippen LogP contribution < -0.4 is 0 Å². The van der Waals surface area contributed by atoms with Gasteiger partial charge in [0.15, 0.2) is 5.69 Å². The van der Waals surface area contributed by atoms with Gasteiger partial charge in [0.25, 0.3) is 0 Å². The third-order valence-corrected chi connectivity index (χ3v) is 2.89. The number of rotatable bonds is 4. The van der Waals surface area contributed by atoms with E-state index < -0.39 is 5.97 Å². The molecule has 1 heterocycles. The highest BCUT2D eigenvalue weighted by molar-refractivity contribution is 9.10. The molecule has 18 heavy (non-hydrogen) atoms. The van der Waals surface area contributed by atoms with Crippen molar-refractivity contribution in [3.63, 3.8) is 0 Å². The molecule has 0 aliphatic heterocycles. The molecule has 0 bridgehead atoms. The molecule has 0 amide bonds. The molecule has 0 saturated heterocycles. The smallest absolute Gasteiger partial charge is 0.358 e. The topological polar surface area (TPSA) is 68.0 Å². The molecule has 0 fully saturated rings. The molecule has 1 aromatic carbocycles. The van der Waals surface area contributed by atoms with Crippen molar-refractivity contribution in [3.05, 3.63) is 47.1 Å². The Morgan fingerprint density at radius 3 is 2.67 bits per heavy atom. The van der Waals surface area contributed by atoms with Gasteiger partial charge in [-0.1, -0.05) is 39.4 Å². The van der Waals surface area contributed by atoms with E-state index >= 15 is 0 Å². The number of carbonyl (C=O) groups is 1. The van der Waals surface area contributed by atoms with Crippen LogP contribution in [0.15, 0.2) is 41.4 Å². The Morgan fingerprint density at radius 2 is 2.11 bits per heavy atom. The number of aromatic carboxylic acids is 1. The van der Waals surface area contributed by atoms with Crippen LogP contribution in [0.25, 0.3) is 11.3 Å². The highest BCUT2D eigenvalue weighted by atomic mass is 79.9. The Hall–Kier alpha value is -1.95. The molecule has 2 aromatic rings. The molecule has 0 radical (unpaired) electrons. The molecule has 0 unspecified atom stereocenters. The second kappa shape index (κ2) is 5.14. The molecule has 0 saturated carbocycles. The minimum atomic E-state index is -1.09. The van der Waals surface area contributed by atoms with E-state index in [-0.39, 0.29) is 5.69 Å². The van der Waals surface area contributed by atoms with Gasteiger partial charge in [-0.25, -0.2) is 9.48 Å². The van der Waals surface area contributed by atoms with Crippen molar-refractivity contribution >= 4 is 21.9 Å². The van der Waals surface area contributed by atoms with E-state index in [1.165, 1.54) is 4.68 Å². The average molecular weight is 308 g/mol. The number of halogens is 1. The first-order valence-electron chi connectivity index (χ1n) is 5.17. The summed E-state index contributed by atoms with van der Waals surface area (Å²) >= 11 is 3.33. The molecule has 5 nitrogen and oxygen atoms in total. The Kier molecular flexibility index (Phi) is 3.57. The molecule has 2 rings (SSSR count). The van der Waals surface area contributed by atoms with Crippen LogP contribution in [0.1, 0.15) is 10.5 Å². The van der Waals surface area contributed by atoms with Crippen LogP contribution in [-0.4, -0.2) is 26.1 Å². The number of allylic oxidation sites excluding steroid dienone is 1. The number of hydrogen-bond acceptors (Lipinski definition) is 3. The van der Waals surface area contributed by atoms with Crippen LogP contribution in [-0.2, 0) is 6.54 Å². The lowest BCUT2D eigenvalue weighted by Gasteiger charge is -2.05. The summed E-state index contributed by atoms with van der Waals surface area (Å²) in [6.07, 6.45) is 1.64. The van der Waals surface area contributed by atoms with Crippen LogP contribution >= 0.6 is 15.9 Å². The summed E-state index contributed by atoms with van der Waals surface area (Å²) in [5.74, 6) is -1.09. The van der Waals surface area contributed by atoms with Gasteiger partial charge in [0.2, 0.25) is 0 Å². The van der Waals surface area contributed by atoms with Crippen molar-refractivity contribution in [1.29, 1.82) is 0 Å². The van der Waals surface area contributed by atoms with Crippen molar-refractivity contribution in [2.45, 2.75) is 6.54 Å². The predicted octanol–water partition coefficient (Wildman–Crippen LogP) is 2.59. The van der Waals surface area contributed by atoms with Crippen LogP contribution in [0.5, 0.6) is 0 Å². The van der Waals surface area contributed by atoms with Crippen LogP contribution in [0.4, 0.5) is 0 Å². The Balaban J connectivity index is 2.58. The maximum absolute atomic E-state index is 11.1. The zero-order valence-corrected chi connectivity index (χ0v) is 11.0. The lowest BCUT2D eigenvalue weighted by atomic mass is 10.1. The first-order chi connectivity index (χ1) is 8.63. The van der Waals surface area contributed by atoms with Crippen molar-refractivity contribution in [2.24, 2.45) is 0 Å². The summed E-state index contributed by atoms with van der Waals surface area (Å²) in [5.41, 5.74) is 1.18. The van der Waals surface area contributed by atoms with Gasteiger partial charge in [-0.05, 0) is 12.1 Å². The Labute approximate surface area is 112 Å². The predicted molar refractivity (Wildman–Crippen MR) is 70.3 cm³/mol. The van der Waals surface area contributed by atoms with Gasteiger partial charge in [-0.2, -0.15) is 0 Å². The maximum atomic E-state index is 11.1. The van der Waals surface area contributed by atoms with Gasteiger partial charge in [0, 0.05) is 10.0 Å². The van der Waals surface area contributed by atoms with Crippen LogP contribution in [0, 0.1) is 0 Å². The first-order valence-corrected chi connectivity index (χ1v) is 5.96. The molecule has 6 heteroatoms. The fourth-order valence-electron chi connectivity index (χ4n) is 1.60. The molecular weight excluding hydrogens is 298 g/mol. The number of benzene rings is 1. The van der Waals surface area contributed by atoms with E-state index in [0.29, 0.717) is 12.2 Å². The lowest BCUT2D eigenvalue weighted by Crippen LogP contribution is -2.03. The van der Waals surface area contributed by atoms with Gasteiger partial charge in [0.05, 0.1) is 6.54 Å². The van der Waals surface area contributed by atoms with E-state index in [0.717, 1.165) is 10.0 Å². The largest absolute Gasteiger partial charge is 0.476 e. The molecule has 1 aromatic heterocycles. The number of carboxylic acids is 1. The van der Waals surface area contributed by atoms with E-state index in [4.69, 9.17) is 5.11 Å². The van der Waals surface area contributed by atoms with Crippen LogP contribution in [0.3, 0.4) is 0 Å². The van der Waals surface area contributed by atoms with E-state index in [2.05, 4.69) is 32.8 Å². The number of carboxylic acid groups (broad SMARTS) is 1. The summed E-state index contributed by atoms with van der Waals surface area (Å²) in [6, 6.07) is 7.31. The number of aromatic nitrogens is 3. The van der Waals surface area contributed by atoms with Gasteiger partial charge < -0.3 is 5.11 Å². The van der Waals surface area contributed by atoms with E-state index in [1.807, 2.05) is 24.3 Å². The third kappa shape index (κ3) is 2.33. The van der Waals surface area contributed by atoms with Crippen molar-refractivity contribution < 1.29 is 9.90 Å². The van der Waals surface area contributed by atoms with Crippen LogP contribution in [0.2, 0.25) is 0 Å². The molecule has 0 aliphatic rings. The lowest BCUT2D eigenvalue weighted by molar-refractivity contribution is 0.0691. The Bertz CT molecular complexity index is 590. The van der Waals surface area contributed by atoms with E-state index in [1.54, 1.807) is 6.08 Å². The molecule has 0 aliphatic carbocycles. The second-order valence-corrected chi connectivity index (χ2v) is 4.49. The molecule has 92 valence electrons. The average Bonchev–Trinajstić information content (AvgIpc) is 2.75. The SMILES string of the molecule is C=CCn1nnc(C(=O)O)c1-c1ccc(Br)cc1. The van der Waals surface area contributed by atoms with Crippen molar-refractivity contribution in [1.82, 2.24) is 15.0 Å². The van der Waals surface area contributed by atoms with Crippen molar-refractivity contribution in [2.75, 3.05) is 0 Å². The van der Waals surface area contributed by atoms with Gasteiger partial charge >= 0.3 is 5.97 Å². The molecule has 1 N–H and O–H groups in total. The fourth-order valence-corrected chi connectivity index (χ4v) is 1.87. The third-order valence-electron chi connectivity index (χ3n) is 2.36. The number of nitrogens with zero attached hydrogens (tertiary/aromatic N) is 3. The summed E-state index contributed by atoms with van der Waals surface area (Å²) in [6.45, 7) is 4.02. The Morgan fingerprint density at radius 1 is 1.44 bits per heavy atom. The molecular formula is C12H10BrN3O2. The van der Waals surface area contributed by atoms with Gasteiger partial charge in [-0.3, -0.25) is 0 Å².